The van der Waals surface area contributed by atoms with Crippen molar-refractivity contribution in [1.29, 1.82) is 0 Å². The minimum absolute atomic E-state index is 0.00221. The Bertz CT molecular complexity index is 693. The van der Waals surface area contributed by atoms with E-state index in [1.54, 1.807) is 18.2 Å². The van der Waals surface area contributed by atoms with E-state index in [1.807, 2.05) is 23.6 Å². The third-order valence-electron chi connectivity index (χ3n) is 3.87. The van der Waals surface area contributed by atoms with Gasteiger partial charge in [-0.25, -0.2) is 4.39 Å². The van der Waals surface area contributed by atoms with E-state index in [0.717, 1.165) is 0 Å². The smallest absolute Gasteiger partial charge is 0.318 e. The molecule has 122 valence electrons. The standard InChI is InChI=1S/C16H19FN4O2/c1-11(2)15(22)20-7-9-21(10-8-20)16-19-18-14(23-16)12-5-3-4-6-13(12)17/h3-6,11H,7-10H2,1-2H3. The predicted octanol–water partition coefficient (Wildman–Crippen LogP) is 2.18. The van der Waals surface area contributed by atoms with E-state index in [1.165, 1.54) is 6.07 Å². The number of halogens is 1. The number of rotatable bonds is 3. The Morgan fingerprint density at radius 3 is 2.52 bits per heavy atom. The Morgan fingerprint density at radius 2 is 1.87 bits per heavy atom. The first-order chi connectivity index (χ1) is 11.1. The fourth-order valence-electron chi connectivity index (χ4n) is 2.57. The first-order valence-electron chi connectivity index (χ1n) is 7.68. The van der Waals surface area contributed by atoms with Gasteiger partial charge < -0.3 is 14.2 Å². The van der Waals surface area contributed by atoms with E-state index in [9.17, 15) is 9.18 Å². The normalized spacial score (nSPS) is 15.3. The monoisotopic (exact) mass is 318 g/mol. The van der Waals surface area contributed by atoms with Crippen molar-refractivity contribution in [3.05, 3.63) is 30.1 Å². The Hall–Kier alpha value is -2.44. The third kappa shape index (κ3) is 3.18. The molecule has 0 bridgehead atoms. The molecule has 1 aliphatic heterocycles. The maximum Gasteiger partial charge on any atom is 0.318 e. The van der Waals surface area contributed by atoms with Crippen LogP contribution in [0.2, 0.25) is 0 Å². The van der Waals surface area contributed by atoms with Crippen LogP contribution in [0.1, 0.15) is 13.8 Å². The van der Waals surface area contributed by atoms with Crippen LogP contribution >= 0.6 is 0 Å². The second-order valence-electron chi connectivity index (χ2n) is 5.84. The second-order valence-corrected chi connectivity index (χ2v) is 5.84. The van der Waals surface area contributed by atoms with E-state index in [2.05, 4.69) is 10.2 Å². The van der Waals surface area contributed by atoms with Gasteiger partial charge in [0.05, 0.1) is 5.56 Å². The van der Waals surface area contributed by atoms with Crippen molar-refractivity contribution >= 4 is 11.9 Å². The number of hydrogen-bond donors (Lipinski definition) is 0. The van der Waals surface area contributed by atoms with Crippen molar-refractivity contribution in [2.24, 2.45) is 5.92 Å². The predicted molar refractivity (Wildman–Crippen MR) is 83.3 cm³/mol. The maximum absolute atomic E-state index is 13.8. The number of anilines is 1. The molecule has 0 N–H and O–H groups in total. The van der Waals surface area contributed by atoms with Crippen molar-refractivity contribution in [2.75, 3.05) is 31.1 Å². The van der Waals surface area contributed by atoms with E-state index < -0.39 is 5.82 Å². The number of carbonyl (C=O) groups is 1. The molecular weight excluding hydrogens is 299 g/mol. The van der Waals surface area contributed by atoms with Crippen molar-refractivity contribution in [3.63, 3.8) is 0 Å². The molecule has 1 saturated heterocycles. The van der Waals surface area contributed by atoms with Gasteiger partial charge in [-0.15, -0.1) is 5.10 Å². The van der Waals surface area contributed by atoms with Gasteiger partial charge >= 0.3 is 6.01 Å². The SMILES string of the molecule is CC(C)C(=O)N1CCN(c2nnc(-c3ccccc3F)o2)CC1. The van der Waals surface area contributed by atoms with Gasteiger partial charge in [0.2, 0.25) is 5.91 Å². The first kappa shape index (κ1) is 15.5. The average molecular weight is 318 g/mol. The van der Waals surface area contributed by atoms with Crippen LogP contribution in [0.25, 0.3) is 11.5 Å². The molecule has 1 fully saturated rings. The minimum atomic E-state index is -0.393. The lowest BCUT2D eigenvalue weighted by Gasteiger charge is -2.34. The molecule has 23 heavy (non-hydrogen) atoms. The molecule has 3 rings (SSSR count). The Labute approximate surface area is 133 Å². The number of amides is 1. The Balaban J connectivity index is 1.68. The van der Waals surface area contributed by atoms with Crippen molar-refractivity contribution in [1.82, 2.24) is 15.1 Å². The molecular formula is C16H19FN4O2. The molecule has 0 radical (unpaired) electrons. The van der Waals surface area contributed by atoms with Gasteiger partial charge in [-0.2, -0.15) is 0 Å². The zero-order valence-corrected chi connectivity index (χ0v) is 13.2. The van der Waals surface area contributed by atoms with Gasteiger partial charge in [0.25, 0.3) is 5.89 Å². The maximum atomic E-state index is 13.8. The molecule has 1 amide bonds. The zero-order valence-electron chi connectivity index (χ0n) is 13.2. The van der Waals surface area contributed by atoms with Crippen LogP contribution in [-0.2, 0) is 4.79 Å². The largest absolute Gasteiger partial charge is 0.403 e. The van der Waals surface area contributed by atoms with Crippen molar-refractivity contribution in [3.8, 4) is 11.5 Å². The van der Waals surface area contributed by atoms with E-state index in [0.29, 0.717) is 37.8 Å². The summed E-state index contributed by atoms with van der Waals surface area (Å²) in [4.78, 5) is 15.7. The summed E-state index contributed by atoms with van der Waals surface area (Å²) in [6.45, 7) is 6.28. The molecule has 0 saturated carbocycles. The van der Waals surface area contributed by atoms with Crippen LogP contribution in [0.3, 0.4) is 0 Å². The summed E-state index contributed by atoms with van der Waals surface area (Å²) < 4.78 is 19.4. The summed E-state index contributed by atoms with van der Waals surface area (Å²) >= 11 is 0. The number of piperazine rings is 1. The molecule has 0 aliphatic carbocycles. The third-order valence-corrected chi connectivity index (χ3v) is 3.87. The summed E-state index contributed by atoms with van der Waals surface area (Å²) in [7, 11) is 0. The highest BCUT2D eigenvalue weighted by Gasteiger charge is 2.25. The molecule has 6 nitrogen and oxygen atoms in total. The summed E-state index contributed by atoms with van der Waals surface area (Å²) in [5.74, 6) is -0.0753. The van der Waals surface area contributed by atoms with Crippen LogP contribution in [0.15, 0.2) is 28.7 Å². The highest BCUT2D eigenvalue weighted by molar-refractivity contribution is 5.78. The van der Waals surface area contributed by atoms with Crippen LogP contribution in [0.4, 0.5) is 10.4 Å². The van der Waals surface area contributed by atoms with Crippen molar-refractivity contribution in [2.45, 2.75) is 13.8 Å². The fourth-order valence-corrected chi connectivity index (χ4v) is 2.57. The second kappa shape index (κ2) is 6.36. The lowest BCUT2D eigenvalue weighted by atomic mass is 10.1. The van der Waals surface area contributed by atoms with E-state index >= 15 is 0 Å². The lowest BCUT2D eigenvalue weighted by Crippen LogP contribution is -2.50. The highest BCUT2D eigenvalue weighted by Crippen LogP contribution is 2.24. The molecule has 0 spiro atoms. The topological polar surface area (TPSA) is 62.5 Å². The number of carbonyl (C=O) groups excluding carboxylic acids is 1. The highest BCUT2D eigenvalue weighted by atomic mass is 19.1. The van der Waals surface area contributed by atoms with Gasteiger partial charge in [-0.05, 0) is 12.1 Å². The molecule has 1 aromatic heterocycles. The molecule has 0 unspecified atom stereocenters. The molecule has 1 aromatic carbocycles. The van der Waals surface area contributed by atoms with Gasteiger partial charge in [-0.1, -0.05) is 31.1 Å². The molecule has 2 aromatic rings. The Morgan fingerprint density at radius 1 is 1.17 bits per heavy atom. The van der Waals surface area contributed by atoms with Crippen molar-refractivity contribution < 1.29 is 13.6 Å². The van der Waals surface area contributed by atoms with Crippen LogP contribution in [0, 0.1) is 11.7 Å². The number of aromatic nitrogens is 2. The van der Waals surface area contributed by atoms with Gasteiger partial charge in [0.15, 0.2) is 0 Å². The molecule has 2 heterocycles. The van der Waals surface area contributed by atoms with Gasteiger partial charge in [0.1, 0.15) is 5.82 Å². The van der Waals surface area contributed by atoms with Crippen LogP contribution < -0.4 is 4.90 Å². The first-order valence-corrected chi connectivity index (χ1v) is 7.68. The summed E-state index contributed by atoms with van der Waals surface area (Å²) in [6.07, 6.45) is 0. The molecule has 0 atom stereocenters. The minimum Gasteiger partial charge on any atom is -0.403 e. The van der Waals surface area contributed by atoms with Gasteiger partial charge in [-0.3, -0.25) is 4.79 Å². The van der Waals surface area contributed by atoms with Crippen LogP contribution in [-0.4, -0.2) is 47.2 Å². The quantitative estimate of drug-likeness (QED) is 0.868. The lowest BCUT2D eigenvalue weighted by molar-refractivity contribution is -0.134. The van der Waals surface area contributed by atoms with E-state index in [4.69, 9.17) is 4.42 Å². The number of hydrogen-bond acceptors (Lipinski definition) is 5. The van der Waals surface area contributed by atoms with E-state index in [-0.39, 0.29) is 17.7 Å². The summed E-state index contributed by atoms with van der Waals surface area (Å²) in [6, 6.07) is 6.65. The van der Waals surface area contributed by atoms with Gasteiger partial charge in [0, 0.05) is 32.1 Å². The molecule has 7 heteroatoms. The fraction of sp³-hybridized carbons (Fsp3) is 0.438. The average Bonchev–Trinajstić information content (AvgIpc) is 3.04. The summed E-state index contributed by atoms with van der Waals surface area (Å²) in [5, 5.41) is 7.93. The number of nitrogens with zero attached hydrogens (tertiary/aromatic N) is 4. The van der Waals surface area contributed by atoms with Crippen LogP contribution in [0.5, 0.6) is 0 Å². The Kier molecular flexibility index (Phi) is 4.27. The summed E-state index contributed by atoms with van der Waals surface area (Å²) in [5.41, 5.74) is 0.292. The number of benzene rings is 1. The molecule has 1 aliphatic rings. The zero-order chi connectivity index (χ0) is 16.4.